The quantitative estimate of drug-likeness (QED) is 0.405. The van der Waals surface area contributed by atoms with Crippen LogP contribution < -0.4 is 5.56 Å². The Morgan fingerprint density at radius 1 is 1.21 bits per heavy atom. The lowest BCUT2D eigenvalue weighted by molar-refractivity contribution is -0.127. The molecule has 1 amide bonds. The maximum atomic E-state index is 13.3. The highest BCUT2D eigenvalue weighted by molar-refractivity contribution is 7.99. The van der Waals surface area contributed by atoms with Crippen molar-refractivity contribution in [2.24, 2.45) is 0 Å². The monoisotopic (exact) mass is 433 g/mol. The van der Waals surface area contributed by atoms with Crippen LogP contribution in [-0.4, -0.2) is 39.2 Å². The van der Waals surface area contributed by atoms with E-state index in [9.17, 15) is 14.0 Å². The van der Waals surface area contributed by atoms with Crippen molar-refractivity contribution in [1.82, 2.24) is 14.5 Å². The topological polar surface area (TPSA) is 55.2 Å². The molecule has 154 valence electrons. The summed E-state index contributed by atoms with van der Waals surface area (Å²) in [4.78, 5) is 33.7. The van der Waals surface area contributed by atoms with Crippen LogP contribution in [0, 0.1) is 12.7 Å². The van der Waals surface area contributed by atoms with Gasteiger partial charge in [0.15, 0.2) is 5.16 Å². The highest BCUT2D eigenvalue weighted by Crippen LogP contribution is 2.36. The molecule has 0 unspecified atom stereocenters. The molecule has 0 N–H and O–H groups in total. The number of aromatic nitrogens is 2. The van der Waals surface area contributed by atoms with E-state index in [2.05, 4.69) is 0 Å². The van der Waals surface area contributed by atoms with Gasteiger partial charge in [-0.05, 0) is 45.4 Å². The van der Waals surface area contributed by atoms with Crippen molar-refractivity contribution >= 4 is 39.2 Å². The fraction of sp³-hybridized carbons (Fsp3) is 0.381. The molecule has 0 aliphatic heterocycles. The van der Waals surface area contributed by atoms with Gasteiger partial charge in [-0.1, -0.05) is 23.9 Å². The smallest absolute Gasteiger partial charge is 0.263 e. The van der Waals surface area contributed by atoms with E-state index < -0.39 is 0 Å². The molecule has 2 heterocycles. The second-order valence-electron chi connectivity index (χ2n) is 6.52. The fourth-order valence-corrected chi connectivity index (χ4v) is 5.38. The summed E-state index contributed by atoms with van der Waals surface area (Å²) < 4.78 is 15.0. The Hall–Kier alpha value is -2.19. The third-order valence-corrected chi connectivity index (χ3v) is 6.80. The minimum atomic E-state index is -0.313. The summed E-state index contributed by atoms with van der Waals surface area (Å²) in [5.41, 5.74) is 1.48. The minimum absolute atomic E-state index is 0.0337. The molecular weight excluding hydrogens is 409 g/mol. The van der Waals surface area contributed by atoms with Crippen molar-refractivity contribution in [3.63, 3.8) is 0 Å². The summed E-state index contributed by atoms with van der Waals surface area (Å²) in [7, 11) is 0. The predicted octanol–water partition coefficient (Wildman–Crippen LogP) is 4.55. The number of amides is 1. The molecule has 0 bridgehead atoms. The van der Waals surface area contributed by atoms with Crippen LogP contribution in [0.3, 0.4) is 0 Å². The van der Waals surface area contributed by atoms with Crippen molar-refractivity contribution in [2.45, 2.75) is 39.4 Å². The second-order valence-corrected chi connectivity index (χ2v) is 8.66. The first-order valence-electron chi connectivity index (χ1n) is 9.61. The molecule has 5 nitrogen and oxygen atoms in total. The van der Waals surface area contributed by atoms with E-state index in [1.807, 2.05) is 27.7 Å². The zero-order chi connectivity index (χ0) is 21.1. The van der Waals surface area contributed by atoms with Gasteiger partial charge in [0.05, 0.1) is 11.1 Å². The molecule has 3 aromatic rings. The molecule has 0 radical (unpaired) electrons. The zero-order valence-corrected chi connectivity index (χ0v) is 18.6. The maximum absolute atomic E-state index is 13.3. The molecule has 0 aliphatic rings. The highest BCUT2D eigenvalue weighted by atomic mass is 32.2. The summed E-state index contributed by atoms with van der Waals surface area (Å²) in [6.45, 7) is 9.51. The Bertz CT molecular complexity index is 1090. The number of halogens is 1. The van der Waals surface area contributed by atoms with Crippen molar-refractivity contribution in [1.29, 1.82) is 0 Å². The molecule has 0 spiro atoms. The van der Waals surface area contributed by atoms with Crippen molar-refractivity contribution < 1.29 is 9.18 Å². The predicted molar refractivity (Wildman–Crippen MR) is 118 cm³/mol. The number of carbonyl (C=O) groups excluding carboxylic acids is 1. The van der Waals surface area contributed by atoms with E-state index in [1.165, 1.54) is 35.2 Å². The molecule has 0 saturated heterocycles. The minimum Gasteiger partial charge on any atom is -0.343 e. The molecule has 0 atom stereocenters. The van der Waals surface area contributed by atoms with Gasteiger partial charge in [-0.25, -0.2) is 9.37 Å². The molecule has 8 heteroatoms. The van der Waals surface area contributed by atoms with E-state index in [-0.39, 0.29) is 23.0 Å². The lowest BCUT2D eigenvalue weighted by Gasteiger charge is -2.18. The van der Waals surface area contributed by atoms with Gasteiger partial charge in [-0.2, -0.15) is 0 Å². The summed E-state index contributed by atoms with van der Waals surface area (Å²) in [6, 6.07) is 6.16. The Kier molecular flexibility index (Phi) is 6.74. The number of fused-ring (bicyclic) bond motifs is 1. The number of thiophene rings is 1. The first-order valence-corrected chi connectivity index (χ1v) is 11.4. The number of hydrogen-bond donors (Lipinski definition) is 0. The molecule has 0 saturated carbocycles. The van der Waals surface area contributed by atoms with Crippen LogP contribution in [0.15, 0.2) is 34.2 Å². The Balaban J connectivity index is 2.06. The molecule has 0 fully saturated rings. The second kappa shape index (κ2) is 9.09. The number of nitrogens with zero attached hydrogens (tertiary/aromatic N) is 3. The van der Waals surface area contributed by atoms with Gasteiger partial charge in [0.25, 0.3) is 5.56 Å². The standard InChI is InChI=1S/C21H24FN3O2S2/c1-5-24(6-2)16(26)12-28-21-23-19-18(20(27)25(21)7-3)17(13(4)29-19)14-8-10-15(22)11-9-14/h8-11H,5-7,12H2,1-4H3. The van der Waals surface area contributed by atoms with Crippen molar-refractivity contribution in [2.75, 3.05) is 18.8 Å². The Morgan fingerprint density at radius 3 is 2.45 bits per heavy atom. The van der Waals surface area contributed by atoms with Crippen LogP contribution in [-0.2, 0) is 11.3 Å². The maximum Gasteiger partial charge on any atom is 0.263 e. The van der Waals surface area contributed by atoms with E-state index in [0.717, 1.165) is 16.0 Å². The number of thioether (sulfide) groups is 1. The van der Waals surface area contributed by atoms with Crippen LogP contribution in [0.5, 0.6) is 0 Å². The molecule has 1 aromatic carbocycles. The average molecular weight is 434 g/mol. The molecular formula is C21H24FN3O2S2. The molecule has 3 rings (SSSR count). The summed E-state index contributed by atoms with van der Waals surface area (Å²) in [5.74, 6) is -0.0348. The van der Waals surface area contributed by atoms with Gasteiger partial charge in [0, 0.05) is 30.1 Å². The lowest BCUT2D eigenvalue weighted by atomic mass is 10.0. The van der Waals surface area contributed by atoms with Crippen molar-refractivity contribution in [3.05, 3.63) is 45.3 Å². The van der Waals surface area contributed by atoms with Crippen LogP contribution in [0.25, 0.3) is 21.3 Å². The Morgan fingerprint density at radius 2 is 1.86 bits per heavy atom. The summed E-state index contributed by atoms with van der Waals surface area (Å²) in [6.07, 6.45) is 0. The van der Waals surface area contributed by atoms with Gasteiger partial charge >= 0.3 is 0 Å². The van der Waals surface area contributed by atoms with E-state index in [1.54, 1.807) is 21.6 Å². The number of aryl methyl sites for hydroxylation is 1. The largest absolute Gasteiger partial charge is 0.343 e. The highest BCUT2D eigenvalue weighted by Gasteiger charge is 2.20. The number of benzene rings is 1. The number of hydrogen-bond acceptors (Lipinski definition) is 5. The van der Waals surface area contributed by atoms with Crippen LogP contribution >= 0.6 is 23.1 Å². The van der Waals surface area contributed by atoms with Gasteiger partial charge < -0.3 is 4.90 Å². The average Bonchev–Trinajstić information content (AvgIpc) is 3.04. The van der Waals surface area contributed by atoms with E-state index in [4.69, 9.17) is 4.98 Å². The van der Waals surface area contributed by atoms with Gasteiger partial charge in [-0.15, -0.1) is 11.3 Å². The zero-order valence-electron chi connectivity index (χ0n) is 17.0. The van der Waals surface area contributed by atoms with Crippen LogP contribution in [0.1, 0.15) is 25.6 Å². The lowest BCUT2D eigenvalue weighted by Crippen LogP contribution is -2.32. The van der Waals surface area contributed by atoms with Gasteiger partial charge in [0.1, 0.15) is 10.6 Å². The first kappa shape index (κ1) is 21.5. The number of carbonyl (C=O) groups is 1. The molecule has 29 heavy (non-hydrogen) atoms. The molecule has 0 aliphatic carbocycles. The third-order valence-electron chi connectivity index (χ3n) is 4.84. The van der Waals surface area contributed by atoms with Crippen LogP contribution in [0.2, 0.25) is 0 Å². The number of rotatable bonds is 7. The first-order chi connectivity index (χ1) is 13.9. The summed E-state index contributed by atoms with van der Waals surface area (Å²) >= 11 is 2.75. The van der Waals surface area contributed by atoms with Crippen molar-refractivity contribution in [3.8, 4) is 11.1 Å². The normalized spacial score (nSPS) is 11.2. The van der Waals surface area contributed by atoms with E-state index in [0.29, 0.717) is 35.0 Å². The third kappa shape index (κ3) is 4.23. The van der Waals surface area contributed by atoms with E-state index >= 15 is 0 Å². The SMILES string of the molecule is CCN(CC)C(=O)CSc1nc2sc(C)c(-c3ccc(F)cc3)c2c(=O)n1CC. The fourth-order valence-electron chi connectivity index (χ4n) is 3.32. The van der Waals surface area contributed by atoms with Gasteiger partial charge in [-0.3, -0.25) is 14.2 Å². The van der Waals surface area contributed by atoms with Gasteiger partial charge in [0.2, 0.25) is 5.91 Å². The van der Waals surface area contributed by atoms with Crippen LogP contribution in [0.4, 0.5) is 4.39 Å². The Labute approximate surface area is 177 Å². The summed E-state index contributed by atoms with van der Waals surface area (Å²) in [5, 5.41) is 1.11. The molecule has 2 aromatic heterocycles.